The number of fused-ring (bicyclic) bond motifs is 3. The lowest BCUT2D eigenvalue weighted by molar-refractivity contribution is 0.0566. The zero-order chi connectivity index (χ0) is 20.7. The van der Waals surface area contributed by atoms with Gasteiger partial charge >= 0.3 is 0 Å². The van der Waals surface area contributed by atoms with Gasteiger partial charge in [0.25, 0.3) is 11.8 Å². The van der Waals surface area contributed by atoms with Crippen molar-refractivity contribution in [3.8, 4) is 0 Å². The van der Waals surface area contributed by atoms with E-state index in [0.717, 1.165) is 24.9 Å². The number of aromatic nitrogens is 2. The predicted octanol–water partition coefficient (Wildman–Crippen LogP) is 4.22. The number of hydrogen-bond donors (Lipinski definition) is 1. The Morgan fingerprint density at radius 2 is 1.80 bits per heavy atom. The molecule has 2 aliphatic rings. The highest BCUT2D eigenvalue weighted by molar-refractivity contribution is 6.06. The maximum atomic E-state index is 13.1. The number of benzene rings is 2. The van der Waals surface area contributed by atoms with E-state index in [9.17, 15) is 14.0 Å². The van der Waals surface area contributed by atoms with Crippen molar-refractivity contribution >= 4 is 28.5 Å². The molecule has 1 aromatic heterocycles. The molecule has 0 unspecified atom stereocenters. The molecule has 2 amide bonds. The molecule has 0 spiro atoms. The monoisotopic (exact) mass is 406 g/mol. The van der Waals surface area contributed by atoms with E-state index in [1.54, 1.807) is 12.1 Å². The highest BCUT2D eigenvalue weighted by Crippen LogP contribution is 2.28. The standard InChI is InChI=1S/C23H23FN4O2/c24-16-7-9-17(10-8-16)25-22(29)15-6-11-20-19(14-15)26-21-23(30)27(12-13-28(20)21)18-4-2-1-3-5-18/h6-11,14,18H,1-5,12-13H2,(H,25,29). The fraction of sp³-hybridized carbons (Fsp3) is 0.348. The van der Waals surface area contributed by atoms with Gasteiger partial charge in [-0.3, -0.25) is 9.59 Å². The molecule has 2 heterocycles. The summed E-state index contributed by atoms with van der Waals surface area (Å²) >= 11 is 0. The Labute approximate surface area is 173 Å². The fourth-order valence-electron chi connectivity index (χ4n) is 4.58. The van der Waals surface area contributed by atoms with Crippen LogP contribution in [0.3, 0.4) is 0 Å². The lowest BCUT2D eigenvalue weighted by atomic mass is 9.94. The molecule has 1 aliphatic heterocycles. The van der Waals surface area contributed by atoms with Gasteiger partial charge in [0.2, 0.25) is 0 Å². The lowest BCUT2D eigenvalue weighted by Crippen LogP contribution is -2.47. The maximum absolute atomic E-state index is 13.1. The molecule has 0 bridgehead atoms. The van der Waals surface area contributed by atoms with E-state index in [1.165, 1.54) is 43.5 Å². The molecule has 1 aliphatic carbocycles. The molecule has 0 radical (unpaired) electrons. The van der Waals surface area contributed by atoms with Crippen molar-refractivity contribution in [1.82, 2.24) is 14.5 Å². The number of carbonyl (C=O) groups is 2. The minimum absolute atomic E-state index is 0.0123. The van der Waals surface area contributed by atoms with E-state index >= 15 is 0 Å². The van der Waals surface area contributed by atoms with Crippen LogP contribution < -0.4 is 5.32 Å². The summed E-state index contributed by atoms with van der Waals surface area (Å²) < 4.78 is 15.0. The minimum Gasteiger partial charge on any atom is -0.331 e. The first-order valence-electron chi connectivity index (χ1n) is 10.5. The number of hydrogen-bond acceptors (Lipinski definition) is 3. The van der Waals surface area contributed by atoms with E-state index < -0.39 is 0 Å². The second-order valence-electron chi connectivity index (χ2n) is 8.04. The number of carbonyl (C=O) groups excluding carboxylic acids is 2. The normalized spacial score (nSPS) is 17.2. The molecule has 1 saturated carbocycles. The molecule has 0 atom stereocenters. The molecule has 6 nitrogen and oxygen atoms in total. The second kappa shape index (κ2) is 7.55. The average molecular weight is 406 g/mol. The van der Waals surface area contributed by atoms with E-state index in [1.807, 2.05) is 15.5 Å². The molecule has 0 saturated heterocycles. The van der Waals surface area contributed by atoms with Crippen LogP contribution in [0.5, 0.6) is 0 Å². The van der Waals surface area contributed by atoms with E-state index in [-0.39, 0.29) is 17.6 Å². The molecule has 1 fully saturated rings. The summed E-state index contributed by atoms with van der Waals surface area (Å²) in [5.74, 6) is -0.214. The van der Waals surface area contributed by atoms with Crippen LogP contribution in [-0.2, 0) is 6.54 Å². The third kappa shape index (κ3) is 3.34. The van der Waals surface area contributed by atoms with Crippen LogP contribution in [0.15, 0.2) is 42.5 Å². The first-order valence-corrected chi connectivity index (χ1v) is 10.5. The van der Waals surface area contributed by atoms with Gasteiger partial charge in [0, 0.05) is 30.4 Å². The zero-order valence-corrected chi connectivity index (χ0v) is 16.6. The van der Waals surface area contributed by atoms with Crippen LogP contribution in [0.4, 0.5) is 10.1 Å². The number of nitrogens with zero attached hydrogens (tertiary/aromatic N) is 3. The van der Waals surface area contributed by atoms with Gasteiger partial charge in [-0.15, -0.1) is 0 Å². The Hall–Kier alpha value is -3.22. The van der Waals surface area contributed by atoms with Crippen LogP contribution in [0.2, 0.25) is 0 Å². The van der Waals surface area contributed by atoms with Crippen molar-refractivity contribution in [3.63, 3.8) is 0 Å². The molecule has 7 heteroatoms. The van der Waals surface area contributed by atoms with Gasteiger partial charge in [-0.1, -0.05) is 19.3 Å². The number of rotatable bonds is 3. The van der Waals surface area contributed by atoms with Crippen LogP contribution >= 0.6 is 0 Å². The summed E-state index contributed by atoms with van der Waals surface area (Å²) in [4.78, 5) is 32.3. The molecule has 3 aromatic rings. The van der Waals surface area contributed by atoms with Gasteiger partial charge in [-0.2, -0.15) is 0 Å². The molecule has 1 N–H and O–H groups in total. The first-order chi connectivity index (χ1) is 14.6. The van der Waals surface area contributed by atoms with Crippen LogP contribution in [-0.4, -0.2) is 38.9 Å². The molecule has 5 rings (SSSR count). The minimum atomic E-state index is -0.357. The summed E-state index contributed by atoms with van der Waals surface area (Å²) in [6.07, 6.45) is 5.74. The molecular weight excluding hydrogens is 383 g/mol. The van der Waals surface area contributed by atoms with Gasteiger partial charge in [0.1, 0.15) is 5.82 Å². The SMILES string of the molecule is O=C(Nc1ccc(F)cc1)c1ccc2c(c1)nc1n2CCN(C2CCCCC2)C1=O. The van der Waals surface area contributed by atoms with Crippen molar-refractivity contribution < 1.29 is 14.0 Å². The Balaban J connectivity index is 1.40. The number of imidazole rings is 1. The van der Waals surface area contributed by atoms with E-state index in [0.29, 0.717) is 35.2 Å². The highest BCUT2D eigenvalue weighted by atomic mass is 19.1. The summed E-state index contributed by atoms with van der Waals surface area (Å²) in [7, 11) is 0. The molecule has 2 aromatic carbocycles. The average Bonchev–Trinajstić information content (AvgIpc) is 3.15. The Bertz CT molecular complexity index is 1120. The van der Waals surface area contributed by atoms with Crippen LogP contribution in [0, 0.1) is 5.82 Å². The van der Waals surface area contributed by atoms with Crippen molar-refractivity contribution in [2.24, 2.45) is 0 Å². The largest absolute Gasteiger partial charge is 0.331 e. The van der Waals surface area contributed by atoms with Crippen LogP contribution in [0.1, 0.15) is 53.1 Å². The quantitative estimate of drug-likeness (QED) is 0.708. The van der Waals surface area contributed by atoms with Gasteiger partial charge < -0.3 is 14.8 Å². The summed E-state index contributed by atoms with van der Waals surface area (Å²) in [6, 6.07) is 11.2. The number of amides is 2. The Morgan fingerprint density at radius 3 is 2.57 bits per heavy atom. The highest BCUT2D eigenvalue weighted by Gasteiger charge is 2.33. The van der Waals surface area contributed by atoms with Gasteiger partial charge in [0.15, 0.2) is 5.82 Å². The smallest absolute Gasteiger partial charge is 0.290 e. The topological polar surface area (TPSA) is 67.2 Å². The van der Waals surface area contributed by atoms with Crippen molar-refractivity contribution in [1.29, 1.82) is 0 Å². The maximum Gasteiger partial charge on any atom is 0.290 e. The first kappa shape index (κ1) is 18.8. The molecule has 30 heavy (non-hydrogen) atoms. The molecule has 154 valence electrons. The van der Waals surface area contributed by atoms with Gasteiger partial charge in [-0.05, 0) is 55.3 Å². The third-order valence-electron chi connectivity index (χ3n) is 6.14. The number of anilines is 1. The van der Waals surface area contributed by atoms with Crippen molar-refractivity contribution in [3.05, 3.63) is 59.7 Å². The third-order valence-corrected chi connectivity index (χ3v) is 6.14. The predicted molar refractivity (Wildman–Crippen MR) is 112 cm³/mol. The Kier molecular flexibility index (Phi) is 4.73. The summed E-state index contributed by atoms with van der Waals surface area (Å²) in [6.45, 7) is 1.42. The van der Waals surface area contributed by atoms with E-state index in [2.05, 4.69) is 10.3 Å². The van der Waals surface area contributed by atoms with Gasteiger partial charge in [-0.25, -0.2) is 9.37 Å². The summed E-state index contributed by atoms with van der Waals surface area (Å²) in [5.41, 5.74) is 2.46. The number of halogens is 1. The fourth-order valence-corrected chi connectivity index (χ4v) is 4.58. The van der Waals surface area contributed by atoms with Crippen molar-refractivity contribution in [2.75, 3.05) is 11.9 Å². The lowest BCUT2D eigenvalue weighted by Gasteiger charge is -2.36. The summed E-state index contributed by atoms with van der Waals surface area (Å²) in [5, 5.41) is 2.76. The van der Waals surface area contributed by atoms with Crippen LogP contribution in [0.25, 0.3) is 11.0 Å². The van der Waals surface area contributed by atoms with Crippen molar-refractivity contribution in [2.45, 2.75) is 44.7 Å². The van der Waals surface area contributed by atoms with E-state index in [4.69, 9.17) is 0 Å². The Morgan fingerprint density at radius 1 is 1.03 bits per heavy atom. The second-order valence-corrected chi connectivity index (χ2v) is 8.04. The number of nitrogens with one attached hydrogen (secondary N) is 1. The molecular formula is C23H23FN4O2. The zero-order valence-electron chi connectivity index (χ0n) is 16.6. The van der Waals surface area contributed by atoms with Gasteiger partial charge in [0.05, 0.1) is 11.0 Å².